The number of halogens is 2. The molecule has 0 N–H and O–H groups in total. The molecule has 3 rings (SSSR count). The number of hydrogen-bond acceptors (Lipinski definition) is 5. The van der Waals surface area contributed by atoms with Crippen LogP contribution in [0.5, 0.6) is 11.5 Å². The summed E-state index contributed by atoms with van der Waals surface area (Å²) in [7, 11) is 2.47. The molecule has 9 heteroatoms. The molecule has 3 aromatic rings. The summed E-state index contributed by atoms with van der Waals surface area (Å²) >= 11 is 12.8. The first-order chi connectivity index (χ1) is 15.9. The van der Waals surface area contributed by atoms with Crippen LogP contribution >= 0.6 is 23.2 Å². The summed E-state index contributed by atoms with van der Waals surface area (Å²) in [6.07, 6.45) is 1.66. The van der Waals surface area contributed by atoms with Crippen LogP contribution in [0, 0.1) is 6.92 Å². The van der Waals surface area contributed by atoms with Crippen LogP contribution < -0.4 is 4.74 Å². The van der Waals surface area contributed by atoms with Crippen molar-refractivity contribution in [2.24, 2.45) is 4.99 Å². The Morgan fingerprint density at radius 1 is 1.12 bits per heavy atom. The van der Waals surface area contributed by atoms with E-state index < -0.39 is 14.0 Å². The van der Waals surface area contributed by atoms with Gasteiger partial charge < -0.3 is 14.4 Å². The lowest BCUT2D eigenvalue weighted by atomic mass is 10.1. The van der Waals surface area contributed by atoms with Crippen molar-refractivity contribution in [3.05, 3.63) is 57.7 Å². The number of aromatic nitrogens is 1. The molecular formula is C25H29Cl2N3O3Si. The van der Waals surface area contributed by atoms with Gasteiger partial charge in [-0.3, -0.25) is 0 Å². The molecule has 0 fully saturated rings. The van der Waals surface area contributed by atoms with Gasteiger partial charge >= 0.3 is 5.97 Å². The number of hydrogen-bond donors (Lipinski definition) is 0. The number of aliphatic imine (C=N–C) groups is 1. The Hall–Kier alpha value is -2.61. The first kappa shape index (κ1) is 26.0. The minimum Gasteiger partial charge on any atom is -0.461 e. The number of pyridine rings is 1. The minimum atomic E-state index is -1.28. The van der Waals surface area contributed by atoms with E-state index in [0.717, 1.165) is 17.0 Å². The summed E-state index contributed by atoms with van der Waals surface area (Å²) in [4.78, 5) is 23.2. The third kappa shape index (κ3) is 6.95. The fraction of sp³-hybridized carbons (Fsp3) is 0.320. The monoisotopic (exact) mass is 517 g/mol. The molecule has 0 atom stereocenters. The van der Waals surface area contributed by atoms with E-state index in [9.17, 15) is 4.79 Å². The van der Waals surface area contributed by atoms with Crippen LogP contribution in [0.1, 0.15) is 16.1 Å². The fourth-order valence-electron chi connectivity index (χ4n) is 3.07. The van der Waals surface area contributed by atoms with Crippen LogP contribution in [-0.4, -0.2) is 51.0 Å². The van der Waals surface area contributed by atoms with Crippen LogP contribution in [0.15, 0.2) is 41.4 Å². The molecule has 0 radical (unpaired) electrons. The van der Waals surface area contributed by atoms with Crippen LogP contribution in [0.2, 0.25) is 35.7 Å². The molecule has 6 nitrogen and oxygen atoms in total. The summed E-state index contributed by atoms with van der Waals surface area (Å²) in [6, 6.07) is 11.6. The van der Waals surface area contributed by atoms with Gasteiger partial charge in [-0.05, 0) is 54.9 Å². The SMILES string of the molecule is Cc1cc2cc(Oc3c(Cl)cc(N=CN(C)C)cc3Cl)ccc2nc1C(=O)OCC[Si](C)(C)C. The van der Waals surface area contributed by atoms with Gasteiger partial charge in [0.25, 0.3) is 0 Å². The lowest BCUT2D eigenvalue weighted by Crippen LogP contribution is -2.23. The molecular weight excluding hydrogens is 489 g/mol. The second kappa shape index (κ2) is 10.8. The number of carbonyl (C=O) groups is 1. The molecule has 2 aromatic carbocycles. The predicted molar refractivity (Wildman–Crippen MR) is 143 cm³/mol. The minimum absolute atomic E-state index is 0.330. The van der Waals surface area contributed by atoms with E-state index in [2.05, 4.69) is 29.6 Å². The lowest BCUT2D eigenvalue weighted by molar-refractivity contribution is 0.0518. The molecule has 1 aromatic heterocycles. The molecule has 1 heterocycles. The Morgan fingerprint density at radius 3 is 2.41 bits per heavy atom. The molecule has 0 bridgehead atoms. The molecule has 0 unspecified atom stereocenters. The average molecular weight is 519 g/mol. The second-order valence-electron chi connectivity index (χ2n) is 9.50. The highest BCUT2D eigenvalue weighted by Gasteiger charge is 2.18. The molecule has 0 saturated heterocycles. The number of carbonyl (C=O) groups excluding carboxylic acids is 1. The Morgan fingerprint density at radius 2 is 1.79 bits per heavy atom. The van der Waals surface area contributed by atoms with Gasteiger partial charge in [-0.2, -0.15) is 0 Å². The van der Waals surface area contributed by atoms with E-state index in [1.807, 2.05) is 38.1 Å². The Balaban J connectivity index is 1.81. The zero-order valence-corrected chi connectivity index (χ0v) is 22.8. The molecule has 180 valence electrons. The van der Waals surface area contributed by atoms with E-state index in [1.54, 1.807) is 30.6 Å². The van der Waals surface area contributed by atoms with Gasteiger partial charge in [0.15, 0.2) is 11.4 Å². The van der Waals surface area contributed by atoms with Crippen molar-refractivity contribution in [3.63, 3.8) is 0 Å². The van der Waals surface area contributed by atoms with Gasteiger partial charge in [0.2, 0.25) is 0 Å². The number of ether oxygens (including phenoxy) is 2. The van der Waals surface area contributed by atoms with Crippen molar-refractivity contribution in [2.75, 3.05) is 20.7 Å². The summed E-state index contributed by atoms with van der Waals surface area (Å²) in [5, 5.41) is 1.53. The molecule has 0 aliphatic rings. The van der Waals surface area contributed by atoms with Crippen LogP contribution in [-0.2, 0) is 4.74 Å². The normalized spacial score (nSPS) is 11.8. The summed E-state index contributed by atoms with van der Waals surface area (Å²) in [5.41, 5.74) is 2.36. The fourth-order valence-corrected chi connectivity index (χ4v) is 4.33. The zero-order valence-electron chi connectivity index (χ0n) is 20.3. The standard InChI is InChI=1S/C25H29Cl2N3O3Si/c1-16-11-17-12-19(33-24-20(26)13-18(14-21(24)27)28-15-30(2)3)7-8-22(17)29-23(16)25(31)32-9-10-34(4,5)6/h7-8,11-15H,9-10H2,1-6H3. The third-order valence-corrected chi connectivity index (χ3v) is 7.16. The van der Waals surface area contributed by atoms with E-state index in [1.165, 1.54) is 0 Å². The van der Waals surface area contributed by atoms with Crippen molar-refractivity contribution >= 4 is 60.2 Å². The Kier molecular flexibility index (Phi) is 8.23. The lowest BCUT2D eigenvalue weighted by Gasteiger charge is -2.15. The highest BCUT2D eigenvalue weighted by atomic mass is 35.5. The van der Waals surface area contributed by atoms with Crippen LogP contribution in [0.3, 0.4) is 0 Å². The Labute approximate surface area is 211 Å². The first-order valence-electron chi connectivity index (χ1n) is 10.9. The number of benzene rings is 2. The smallest absolute Gasteiger partial charge is 0.357 e. The summed E-state index contributed by atoms with van der Waals surface area (Å²) in [6.45, 7) is 8.99. The van der Waals surface area contributed by atoms with Crippen molar-refractivity contribution in [1.82, 2.24) is 9.88 Å². The summed E-state index contributed by atoms with van der Waals surface area (Å²) in [5.74, 6) is 0.500. The molecule has 0 aliphatic heterocycles. The first-order valence-corrected chi connectivity index (χ1v) is 15.4. The number of nitrogens with zero attached hydrogens (tertiary/aromatic N) is 3. The largest absolute Gasteiger partial charge is 0.461 e. The molecule has 34 heavy (non-hydrogen) atoms. The van der Waals surface area contributed by atoms with E-state index in [0.29, 0.717) is 45.0 Å². The number of aryl methyl sites for hydroxylation is 1. The van der Waals surface area contributed by atoms with Gasteiger partial charge in [0, 0.05) is 27.6 Å². The van der Waals surface area contributed by atoms with Crippen molar-refractivity contribution < 1.29 is 14.3 Å². The van der Waals surface area contributed by atoms with Crippen molar-refractivity contribution in [1.29, 1.82) is 0 Å². The van der Waals surface area contributed by atoms with Crippen molar-refractivity contribution in [2.45, 2.75) is 32.6 Å². The second-order valence-corrected chi connectivity index (χ2v) is 15.9. The quantitative estimate of drug-likeness (QED) is 0.135. The van der Waals surface area contributed by atoms with Crippen molar-refractivity contribution in [3.8, 4) is 11.5 Å². The maximum Gasteiger partial charge on any atom is 0.357 e. The molecule has 0 spiro atoms. The van der Waals surface area contributed by atoms with Gasteiger partial charge in [-0.1, -0.05) is 42.8 Å². The van der Waals surface area contributed by atoms with Crippen LogP contribution in [0.25, 0.3) is 10.9 Å². The third-order valence-electron chi connectivity index (χ3n) is 4.90. The maximum absolute atomic E-state index is 12.6. The average Bonchev–Trinajstić information content (AvgIpc) is 2.73. The zero-order chi connectivity index (χ0) is 25.0. The Bertz CT molecular complexity index is 1220. The number of fused-ring (bicyclic) bond motifs is 1. The van der Waals surface area contributed by atoms with Gasteiger partial charge in [-0.25, -0.2) is 14.8 Å². The molecule has 0 aliphatic carbocycles. The number of esters is 1. The van der Waals surface area contributed by atoms with E-state index in [4.69, 9.17) is 32.7 Å². The van der Waals surface area contributed by atoms with Crippen LogP contribution in [0.4, 0.5) is 5.69 Å². The van der Waals surface area contributed by atoms with E-state index in [-0.39, 0.29) is 0 Å². The highest BCUT2D eigenvalue weighted by molar-refractivity contribution is 6.76. The molecule has 0 saturated carbocycles. The van der Waals surface area contributed by atoms with Gasteiger partial charge in [0.1, 0.15) is 5.75 Å². The van der Waals surface area contributed by atoms with E-state index >= 15 is 0 Å². The topological polar surface area (TPSA) is 64.0 Å². The maximum atomic E-state index is 12.6. The number of rotatable bonds is 8. The molecule has 0 amide bonds. The predicted octanol–water partition coefficient (Wildman–Crippen LogP) is 7.36. The highest BCUT2D eigenvalue weighted by Crippen LogP contribution is 2.40. The summed E-state index contributed by atoms with van der Waals surface area (Å²) < 4.78 is 11.5. The van der Waals surface area contributed by atoms with Gasteiger partial charge in [0.05, 0.1) is 34.2 Å². The van der Waals surface area contributed by atoms with Gasteiger partial charge in [-0.15, -0.1) is 0 Å².